The molecular formula is C8H10F3N3. The van der Waals surface area contributed by atoms with E-state index in [-0.39, 0.29) is 12.2 Å². The van der Waals surface area contributed by atoms with Crippen LogP contribution in [-0.2, 0) is 19.3 Å². The summed E-state index contributed by atoms with van der Waals surface area (Å²) in [6.07, 6.45) is -4.34. The van der Waals surface area contributed by atoms with E-state index >= 15 is 0 Å². The van der Waals surface area contributed by atoms with Crippen LogP contribution in [0, 0.1) is 6.92 Å². The molecule has 3 nitrogen and oxygen atoms in total. The first-order valence-electron chi connectivity index (χ1n) is 4.34. The van der Waals surface area contributed by atoms with Crippen LogP contribution in [0.5, 0.6) is 0 Å². The lowest BCUT2D eigenvalue weighted by Gasteiger charge is -2.18. The predicted octanol–water partition coefficient (Wildman–Crippen LogP) is 1.31. The Labute approximate surface area is 78.9 Å². The average molecular weight is 205 g/mol. The number of hydrogen-bond acceptors (Lipinski definition) is 2. The molecule has 0 saturated heterocycles. The Balaban J connectivity index is 2.52. The van der Waals surface area contributed by atoms with E-state index < -0.39 is 11.9 Å². The molecule has 1 N–H and O–H groups in total. The van der Waals surface area contributed by atoms with Gasteiger partial charge in [-0.1, -0.05) is 0 Å². The van der Waals surface area contributed by atoms with Crippen molar-refractivity contribution < 1.29 is 13.2 Å². The highest BCUT2D eigenvalue weighted by Gasteiger charge is 2.38. The second-order valence-electron chi connectivity index (χ2n) is 3.28. The van der Waals surface area contributed by atoms with E-state index in [1.165, 1.54) is 0 Å². The highest BCUT2D eigenvalue weighted by Crippen LogP contribution is 2.32. The molecule has 1 aromatic heterocycles. The minimum absolute atomic E-state index is 0.246. The van der Waals surface area contributed by atoms with Gasteiger partial charge < -0.3 is 9.88 Å². The number of rotatable bonds is 0. The van der Waals surface area contributed by atoms with Crippen LogP contribution in [0.1, 0.15) is 17.2 Å². The second kappa shape index (κ2) is 2.98. The first-order chi connectivity index (χ1) is 6.50. The van der Waals surface area contributed by atoms with Gasteiger partial charge in [-0.2, -0.15) is 13.2 Å². The summed E-state index contributed by atoms with van der Waals surface area (Å²) in [4.78, 5) is 3.56. The standard InChI is InChI=1S/C8H10F3N3/c1-5-13-7(8(9,10)11)6-4-12-2-3-14(5)6/h12H,2-4H2,1H3. The lowest BCUT2D eigenvalue weighted by Crippen LogP contribution is -2.29. The summed E-state index contributed by atoms with van der Waals surface area (Å²) >= 11 is 0. The van der Waals surface area contributed by atoms with Crippen LogP contribution in [-0.4, -0.2) is 16.1 Å². The monoisotopic (exact) mass is 205 g/mol. The van der Waals surface area contributed by atoms with Gasteiger partial charge in [-0.05, 0) is 6.92 Å². The van der Waals surface area contributed by atoms with Gasteiger partial charge in [0.2, 0.25) is 0 Å². The zero-order valence-electron chi connectivity index (χ0n) is 7.65. The Morgan fingerprint density at radius 1 is 1.43 bits per heavy atom. The van der Waals surface area contributed by atoms with Gasteiger partial charge in [-0.3, -0.25) is 0 Å². The number of halogens is 3. The molecule has 0 amide bonds. The normalized spacial score (nSPS) is 16.9. The first kappa shape index (κ1) is 9.51. The number of hydrogen-bond donors (Lipinski definition) is 1. The molecular weight excluding hydrogens is 195 g/mol. The van der Waals surface area contributed by atoms with Crippen molar-refractivity contribution in [1.82, 2.24) is 14.9 Å². The molecule has 6 heteroatoms. The molecule has 0 saturated carbocycles. The summed E-state index contributed by atoms with van der Waals surface area (Å²) in [6.45, 7) is 3.10. The van der Waals surface area contributed by atoms with Gasteiger partial charge in [-0.15, -0.1) is 0 Å². The number of alkyl halides is 3. The van der Waals surface area contributed by atoms with Crippen LogP contribution >= 0.6 is 0 Å². The number of aromatic nitrogens is 2. The Hall–Kier alpha value is -1.04. The number of fused-ring (bicyclic) bond motifs is 1. The molecule has 0 atom stereocenters. The molecule has 0 fully saturated rings. The third kappa shape index (κ3) is 1.39. The van der Waals surface area contributed by atoms with Crippen LogP contribution < -0.4 is 5.32 Å². The molecule has 1 aliphatic heterocycles. The van der Waals surface area contributed by atoms with E-state index in [4.69, 9.17) is 0 Å². The maximum Gasteiger partial charge on any atom is 0.435 e. The van der Waals surface area contributed by atoms with Crippen LogP contribution in [0.4, 0.5) is 13.2 Å². The fraction of sp³-hybridized carbons (Fsp3) is 0.625. The molecule has 1 aromatic rings. The van der Waals surface area contributed by atoms with Crippen molar-refractivity contribution in [2.24, 2.45) is 0 Å². The van der Waals surface area contributed by atoms with Gasteiger partial charge in [0.25, 0.3) is 0 Å². The molecule has 0 radical (unpaired) electrons. The zero-order chi connectivity index (χ0) is 10.3. The minimum Gasteiger partial charge on any atom is -0.329 e. The quantitative estimate of drug-likeness (QED) is 0.692. The summed E-state index contributed by atoms with van der Waals surface area (Å²) in [7, 11) is 0. The predicted molar refractivity (Wildman–Crippen MR) is 43.7 cm³/mol. The van der Waals surface area contributed by atoms with Crippen molar-refractivity contribution >= 4 is 0 Å². The van der Waals surface area contributed by atoms with E-state index in [0.717, 1.165) is 0 Å². The fourth-order valence-corrected chi connectivity index (χ4v) is 1.71. The SMILES string of the molecule is Cc1nc(C(F)(F)F)c2n1CCNC2. The second-order valence-corrected chi connectivity index (χ2v) is 3.28. The summed E-state index contributed by atoms with van der Waals surface area (Å²) in [5.41, 5.74) is -0.497. The largest absolute Gasteiger partial charge is 0.435 e. The van der Waals surface area contributed by atoms with Gasteiger partial charge in [-0.25, -0.2) is 4.98 Å². The van der Waals surface area contributed by atoms with Crippen molar-refractivity contribution in [3.63, 3.8) is 0 Å². The summed E-state index contributed by atoms with van der Waals surface area (Å²) in [5, 5.41) is 2.91. The summed E-state index contributed by atoms with van der Waals surface area (Å²) in [6, 6.07) is 0. The molecule has 0 aromatic carbocycles. The van der Waals surface area contributed by atoms with Crippen molar-refractivity contribution in [1.29, 1.82) is 0 Å². The van der Waals surface area contributed by atoms with E-state index in [9.17, 15) is 13.2 Å². The van der Waals surface area contributed by atoms with E-state index in [0.29, 0.717) is 18.9 Å². The molecule has 0 spiro atoms. The molecule has 14 heavy (non-hydrogen) atoms. The molecule has 0 bridgehead atoms. The Bertz CT molecular complexity index is 353. The van der Waals surface area contributed by atoms with Gasteiger partial charge in [0.1, 0.15) is 5.82 Å². The molecule has 2 rings (SSSR count). The number of nitrogens with zero attached hydrogens (tertiary/aromatic N) is 2. The van der Waals surface area contributed by atoms with Crippen molar-refractivity contribution in [3.8, 4) is 0 Å². The Kier molecular flexibility index (Phi) is 2.02. The van der Waals surface area contributed by atoms with Gasteiger partial charge in [0.15, 0.2) is 5.69 Å². The van der Waals surface area contributed by atoms with Crippen LogP contribution in [0.15, 0.2) is 0 Å². The lowest BCUT2D eigenvalue weighted by atomic mass is 10.2. The zero-order valence-corrected chi connectivity index (χ0v) is 7.65. The smallest absolute Gasteiger partial charge is 0.329 e. The lowest BCUT2D eigenvalue weighted by molar-refractivity contribution is -0.141. The van der Waals surface area contributed by atoms with Crippen molar-refractivity contribution in [2.45, 2.75) is 26.2 Å². The van der Waals surface area contributed by atoms with E-state index in [1.807, 2.05) is 0 Å². The molecule has 2 heterocycles. The topological polar surface area (TPSA) is 29.9 Å². The number of imidazole rings is 1. The van der Waals surface area contributed by atoms with E-state index in [2.05, 4.69) is 10.3 Å². The van der Waals surface area contributed by atoms with Gasteiger partial charge >= 0.3 is 6.18 Å². The first-order valence-corrected chi connectivity index (χ1v) is 4.34. The average Bonchev–Trinajstić information content (AvgIpc) is 2.44. The number of aryl methyl sites for hydroxylation is 1. The van der Waals surface area contributed by atoms with Gasteiger partial charge in [0.05, 0.1) is 5.69 Å². The summed E-state index contributed by atoms with van der Waals surface area (Å²) in [5.74, 6) is 0.439. The molecule has 1 aliphatic rings. The van der Waals surface area contributed by atoms with Crippen LogP contribution in [0.25, 0.3) is 0 Å². The van der Waals surface area contributed by atoms with Crippen molar-refractivity contribution in [3.05, 3.63) is 17.2 Å². The third-order valence-electron chi connectivity index (χ3n) is 2.34. The Morgan fingerprint density at radius 2 is 2.14 bits per heavy atom. The number of nitrogens with one attached hydrogen (secondary N) is 1. The van der Waals surface area contributed by atoms with Gasteiger partial charge in [0, 0.05) is 19.6 Å². The third-order valence-corrected chi connectivity index (χ3v) is 2.34. The van der Waals surface area contributed by atoms with Crippen LogP contribution in [0.3, 0.4) is 0 Å². The van der Waals surface area contributed by atoms with Crippen molar-refractivity contribution in [2.75, 3.05) is 6.54 Å². The summed E-state index contributed by atoms with van der Waals surface area (Å²) < 4.78 is 39.1. The van der Waals surface area contributed by atoms with E-state index in [1.54, 1.807) is 11.5 Å². The fourth-order valence-electron chi connectivity index (χ4n) is 1.71. The maximum atomic E-state index is 12.5. The highest BCUT2D eigenvalue weighted by atomic mass is 19.4. The maximum absolute atomic E-state index is 12.5. The highest BCUT2D eigenvalue weighted by molar-refractivity contribution is 5.21. The molecule has 78 valence electrons. The Morgan fingerprint density at radius 3 is 2.79 bits per heavy atom. The molecule has 0 aliphatic carbocycles. The minimum atomic E-state index is -4.34. The van der Waals surface area contributed by atoms with Crippen LogP contribution in [0.2, 0.25) is 0 Å². The molecule has 0 unspecified atom stereocenters.